The highest BCUT2D eigenvalue weighted by molar-refractivity contribution is 7.99. The van der Waals surface area contributed by atoms with Crippen molar-refractivity contribution in [2.75, 3.05) is 28.8 Å². The van der Waals surface area contributed by atoms with Crippen molar-refractivity contribution >= 4 is 57.4 Å². The Morgan fingerprint density at radius 2 is 1.68 bits per heavy atom. The minimum atomic E-state index is -0.252. The maximum absolute atomic E-state index is 12.7. The fraction of sp³-hybridized carbons (Fsp3) is 0.120. The van der Waals surface area contributed by atoms with Gasteiger partial charge in [0.05, 0.1) is 24.1 Å². The van der Waals surface area contributed by atoms with E-state index in [1.165, 1.54) is 25.8 Å². The van der Waals surface area contributed by atoms with Crippen LogP contribution >= 0.6 is 11.8 Å². The Balaban J connectivity index is 1.50. The second-order valence-electron chi connectivity index (χ2n) is 7.30. The number of benzene rings is 3. The largest absolute Gasteiger partial charge is 0.495 e. The van der Waals surface area contributed by atoms with Crippen LogP contribution in [-0.2, 0) is 9.59 Å². The van der Waals surface area contributed by atoms with E-state index < -0.39 is 0 Å². The molecule has 0 radical (unpaired) electrons. The Hall–Kier alpha value is -4.11. The number of aromatic nitrogens is 2. The minimum absolute atomic E-state index is 0.0939. The predicted molar refractivity (Wildman–Crippen MR) is 136 cm³/mol. The van der Waals surface area contributed by atoms with Gasteiger partial charge in [0.25, 0.3) is 0 Å². The standard InChI is InChI=1S/C25H23N5O3S/c1-16(31)26-18-12-13-22(33-2)21(14-18)28-23(32)15-34-25-29-20-11-7-6-10-19(20)24(30-25)27-17-8-4-3-5-9-17/h3-14H,15H2,1-2H3,(H,26,31)(H,28,32)(H,27,29,30). The zero-order chi connectivity index (χ0) is 23.9. The Morgan fingerprint density at radius 1 is 0.912 bits per heavy atom. The van der Waals surface area contributed by atoms with Crippen LogP contribution in [0.15, 0.2) is 78.0 Å². The summed E-state index contributed by atoms with van der Waals surface area (Å²) >= 11 is 1.23. The van der Waals surface area contributed by atoms with Gasteiger partial charge in [0, 0.05) is 23.7 Å². The van der Waals surface area contributed by atoms with E-state index in [9.17, 15) is 9.59 Å². The number of amides is 2. The van der Waals surface area contributed by atoms with Gasteiger partial charge in [-0.15, -0.1) is 0 Å². The van der Waals surface area contributed by atoms with Crippen molar-refractivity contribution in [3.8, 4) is 5.75 Å². The van der Waals surface area contributed by atoms with Crippen LogP contribution in [0.3, 0.4) is 0 Å². The van der Waals surface area contributed by atoms with E-state index in [2.05, 4.69) is 25.9 Å². The number of carbonyl (C=O) groups excluding carboxylic acids is 2. The summed E-state index contributed by atoms with van der Waals surface area (Å²) in [6.07, 6.45) is 0. The molecule has 0 fully saturated rings. The van der Waals surface area contributed by atoms with Gasteiger partial charge in [-0.25, -0.2) is 9.97 Å². The molecule has 8 nitrogen and oxygen atoms in total. The van der Waals surface area contributed by atoms with Crippen molar-refractivity contribution in [3.63, 3.8) is 0 Å². The average Bonchev–Trinajstić information content (AvgIpc) is 2.83. The Morgan fingerprint density at radius 3 is 2.44 bits per heavy atom. The first kappa shape index (κ1) is 23.1. The number of carbonyl (C=O) groups is 2. The topological polar surface area (TPSA) is 105 Å². The summed E-state index contributed by atoms with van der Waals surface area (Å²) in [5.74, 6) is 0.800. The molecule has 4 rings (SSSR count). The molecule has 0 spiro atoms. The summed E-state index contributed by atoms with van der Waals surface area (Å²) in [7, 11) is 1.52. The van der Waals surface area contributed by atoms with Gasteiger partial charge in [-0.2, -0.15) is 0 Å². The third-order valence-corrected chi connectivity index (χ3v) is 5.59. The summed E-state index contributed by atoms with van der Waals surface area (Å²) in [6, 6.07) is 22.5. The molecule has 0 saturated heterocycles. The van der Waals surface area contributed by atoms with Crippen molar-refractivity contribution in [3.05, 3.63) is 72.8 Å². The Bertz CT molecular complexity index is 1330. The van der Waals surface area contributed by atoms with Crippen LogP contribution in [0.25, 0.3) is 10.9 Å². The molecule has 1 heterocycles. The second kappa shape index (κ2) is 10.7. The number of rotatable bonds is 8. The molecular formula is C25H23N5O3S. The first-order chi connectivity index (χ1) is 16.5. The molecule has 0 atom stereocenters. The van der Waals surface area contributed by atoms with E-state index in [1.807, 2.05) is 54.6 Å². The van der Waals surface area contributed by atoms with Crippen LogP contribution < -0.4 is 20.7 Å². The monoisotopic (exact) mass is 473 g/mol. The molecule has 0 saturated carbocycles. The highest BCUT2D eigenvalue weighted by atomic mass is 32.2. The van der Waals surface area contributed by atoms with Crippen LogP contribution in [0.1, 0.15) is 6.92 Å². The summed E-state index contributed by atoms with van der Waals surface area (Å²) in [5.41, 5.74) is 2.71. The number of methoxy groups -OCH3 is 1. The van der Waals surface area contributed by atoms with Gasteiger partial charge < -0.3 is 20.7 Å². The lowest BCUT2D eigenvalue weighted by molar-refractivity contribution is -0.114. The highest BCUT2D eigenvalue weighted by Crippen LogP contribution is 2.29. The lowest BCUT2D eigenvalue weighted by Crippen LogP contribution is -2.15. The van der Waals surface area contributed by atoms with Crippen molar-refractivity contribution in [2.24, 2.45) is 0 Å². The molecule has 0 aliphatic heterocycles. The summed E-state index contributed by atoms with van der Waals surface area (Å²) in [5, 5.41) is 10.2. The maximum atomic E-state index is 12.7. The fourth-order valence-corrected chi connectivity index (χ4v) is 3.93. The Kier molecular flexibility index (Phi) is 7.24. The molecule has 0 aliphatic rings. The van der Waals surface area contributed by atoms with E-state index in [-0.39, 0.29) is 17.6 Å². The summed E-state index contributed by atoms with van der Waals surface area (Å²) < 4.78 is 5.32. The summed E-state index contributed by atoms with van der Waals surface area (Å²) in [6.45, 7) is 1.42. The van der Waals surface area contributed by atoms with E-state index in [1.54, 1.807) is 18.2 Å². The third-order valence-electron chi connectivity index (χ3n) is 4.75. The molecule has 3 N–H and O–H groups in total. The molecule has 34 heavy (non-hydrogen) atoms. The van der Waals surface area contributed by atoms with Crippen molar-refractivity contribution in [2.45, 2.75) is 12.1 Å². The molecule has 4 aromatic rings. The number of anilines is 4. The lowest BCUT2D eigenvalue weighted by atomic mass is 10.2. The van der Waals surface area contributed by atoms with Crippen LogP contribution in [0.4, 0.5) is 22.9 Å². The number of fused-ring (bicyclic) bond motifs is 1. The predicted octanol–water partition coefficient (Wildman–Crippen LogP) is 5.07. The number of hydrogen-bond acceptors (Lipinski definition) is 7. The van der Waals surface area contributed by atoms with Gasteiger partial charge in [-0.1, -0.05) is 42.1 Å². The van der Waals surface area contributed by atoms with Gasteiger partial charge in [-0.3, -0.25) is 9.59 Å². The van der Waals surface area contributed by atoms with E-state index >= 15 is 0 Å². The number of hydrogen-bond donors (Lipinski definition) is 3. The number of nitrogens with zero attached hydrogens (tertiary/aromatic N) is 2. The van der Waals surface area contributed by atoms with Crippen LogP contribution in [0.2, 0.25) is 0 Å². The zero-order valence-corrected chi connectivity index (χ0v) is 19.5. The van der Waals surface area contributed by atoms with Crippen LogP contribution in [0, 0.1) is 0 Å². The lowest BCUT2D eigenvalue weighted by Gasteiger charge is -2.13. The summed E-state index contributed by atoms with van der Waals surface area (Å²) in [4.78, 5) is 33.3. The van der Waals surface area contributed by atoms with Gasteiger partial charge in [0.1, 0.15) is 11.6 Å². The van der Waals surface area contributed by atoms with Crippen LogP contribution in [-0.4, -0.2) is 34.6 Å². The quantitative estimate of drug-likeness (QED) is 0.242. The number of para-hydroxylation sites is 2. The maximum Gasteiger partial charge on any atom is 0.234 e. The van der Waals surface area contributed by atoms with Crippen LogP contribution in [0.5, 0.6) is 5.75 Å². The third kappa shape index (κ3) is 5.81. The molecule has 2 amide bonds. The molecule has 0 unspecified atom stereocenters. The molecule has 0 aliphatic carbocycles. The zero-order valence-electron chi connectivity index (χ0n) is 18.7. The SMILES string of the molecule is COc1ccc(NC(C)=O)cc1NC(=O)CSc1nc(Nc2ccccc2)c2ccccc2n1. The number of nitrogens with one attached hydrogen (secondary N) is 3. The number of thioether (sulfide) groups is 1. The first-order valence-electron chi connectivity index (χ1n) is 10.5. The van der Waals surface area contributed by atoms with E-state index in [4.69, 9.17) is 4.74 Å². The molecule has 0 bridgehead atoms. The molecule has 3 aromatic carbocycles. The van der Waals surface area contributed by atoms with Gasteiger partial charge >= 0.3 is 0 Å². The smallest absolute Gasteiger partial charge is 0.234 e. The second-order valence-corrected chi connectivity index (χ2v) is 8.24. The van der Waals surface area contributed by atoms with Gasteiger partial charge in [0.2, 0.25) is 11.8 Å². The molecule has 9 heteroatoms. The Labute approximate surface area is 201 Å². The van der Waals surface area contributed by atoms with E-state index in [0.717, 1.165) is 16.6 Å². The van der Waals surface area contributed by atoms with Gasteiger partial charge in [0.15, 0.2) is 5.16 Å². The van der Waals surface area contributed by atoms with Crippen molar-refractivity contribution < 1.29 is 14.3 Å². The van der Waals surface area contributed by atoms with Gasteiger partial charge in [-0.05, 0) is 42.5 Å². The van der Waals surface area contributed by atoms with Crippen molar-refractivity contribution in [1.82, 2.24) is 9.97 Å². The molecular weight excluding hydrogens is 450 g/mol. The fourth-order valence-electron chi connectivity index (χ4n) is 3.28. The van der Waals surface area contributed by atoms with E-state index in [0.29, 0.717) is 28.1 Å². The van der Waals surface area contributed by atoms with Crippen molar-refractivity contribution in [1.29, 1.82) is 0 Å². The highest BCUT2D eigenvalue weighted by Gasteiger charge is 2.13. The number of ether oxygens (including phenoxy) is 1. The average molecular weight is 474 g/mol. The molecule has 172 valence electrons. The first-order valence-corrected chi connectivity index (χ1v) is 11.5. The molecule has 1 aromatic heterocycles. The minimum Gasteiger partial charge on any atom is -0.495 e. The normalized spacial score (nSPS) is 10.5.